The van der Waals surface area contributed by atoms with E-state index in [0.29, 0.717) is 24.1 Å². The van der Waals surface area contributed by atoms with Crippen molar-refractivity contribution in [3.05, 3.63) is 0 Å². The summed E-state index contributed by atoms with van der Waals surface area (Å²) in [4.78, 5) is 4.58. The summed E-state index contributed by atoms with van der Waals surface area (Å²) in [5, 5.41) is 6.74. The third kappa shape index (κ3) is 6.30. The number of guanidine groups is 1. The fourth-order valence-electron chi connectivity index (χ4n) is 3.09. The van der Waals surface area contributed by atoms with Crippen molar-refractivity contribution in [3.63, 3.8) is 0 Å². The molecule has 0 radical (unpaired) electrons. The summed E-state index contributed by atoms with van der Waals surface area (Å²) in [7, 11) is -2.80. The molecule has 3 unspecified atom stereocenters. The highest BCUT2D eigenvalue weighted by atomic mass is 127. The fourth-order valence-corrected chi connectivity index (χ4v) is 4.94. The van der Waals surface area contributed by atoms with E-state index in [-0.39, 0.29) is 29.9 Å². The number of rotatable bonds is 4. The minimum Gasteiger partial charge on any atom is -0.357 e. The Labute approximate surface area is 145 Å². The van der Waals surface area contributed by atoms with Gasteiger partial charge in [-0.2, -0.15) is 0 Å². The van der Waals surface area contributed by atoms with Gasteiger partial charge in [-0.15, -0.1) is 24.0 Å². The second-order valence-electron chi connectivity index (χ2n) is 6.25. The quantitative estimate of drug-likeness (QED) is 0.406. The van der Waals surface area contributed by atoms with Gasteiger partial charge in [0.1, 0.15) is 0 Å². The molecular formula is C14H28IN3O2S. The predicted octanol–water partition coefficient (Wildman–Crippen LogP) is 1.78. The van der Waals surface area contributed by atoms with Crippen LogP contribution in [0.2, 0.25) is 0 Å². The first-order valence-corrected chi connectivity index (χ1v) is 9.56. The van der Waals surface area contributed by atoms with Gasteiger partial charge in [0.2, 0.25) is 0 Å². The van der Waals surface area contributed by atoms with Crippen LogP contribution in [0.4, 0.5) is 0 Å². The van der Waals surface area contributed by atoms with Gasteiger partial charge in [-0.05, 0) is 44.4 Å². The number of hydrogen-bond acceptors (Lipinski definition) is 3. The molecule has 0 bridgehead atoms. The van der Waals surface area contributed by atoms with Gasteiger partial charge in [-0.3, -0.25) is 4.99 Å². The molecule has 1 saturated heterocycles. The van der Waals surface area contributed by atoms with Crippen molar-refractivity contribution < 1.29 is 8.42 Å². The van der Waals surface area contributed by atoms with Gasteiger partial charge in [-0.25, -0.2) is 8.42 Å². The van der Waals surface area contributed by atoms with Crippen molar-refractivity contribution in [1.82, 2.24) is 10.6 Å². The number of hydrogen-bond donors (Lipinski definition) is 2. The van der Waals surface area contributed by atoms with E-state index < -0.39 is 9.84 Å². The summed E-state index contributed by atoms with van der Waals surface area (Å²) in [6.07, 6.45) is 4.43. The molecule has 0 aromatic heterocycles. The molecule has 2 fully saturated rings. The molecule has 1 aliphatic heterocycles. The zero-order valence-electron chi connectivity index (χ0n) is 13.0. The Morgan fingerprint density at radius 2 is 2.05 bits per heavy atom. The predicted molar refractivity (Wildman–Crippen MR) is 98.1 cm³/mol. The van der Waals surface area contributed by atoms with Crippen molar-refractivity contribution in [2.75, 3.05) is 24.6 Å². The smallest absolute Gasteiger partial charge is 0.191 e. The third-order valence-corrected chi connectivity index (χ3v) is 6.05. The van der Waals surface area contributed by atoms with Gasteiger partial charge in [0.05, 0.1) is 11.5 Å². The van der Waals surface area contributed by atoms with Crippen LogP contribution in [0.25, 0.3) is 0 Å². The van der Waals surface area contributed by atoms with Crippen LogP contribution in [0.1, 0.15) is 39.5 Å². The third-order valence-electron chi connectivity index (χ3n) is 4.21. The van der Waals surface area contributed by atoms with Gasteiger partial charge < -0.3 is 10.6 Å². The van der Waals surface area contributed by atoms with Crippen molar-refractivity contribution >= 4 is 39.8 Å². The van der Waals surface area contributed by atoms with Gasteiger partial charge in [-0.1, -0.05) is 6.92 Å². The van der Waals surface area contributed by atoms with Crippen molar-refractivity contribution in [2.24, 2.45) is 16.8 Å². The standard InChI is InChI=1S/C14H27N3O2S.HI/c1-3-15-14(17-13-5-4-11(2)8-13)16-9-12-6-7-20(18,19)10-12;/h11-13H,3-10H2,1-2H3,(H2,15,16,17);1H. The molecular weight excluding hydrogens is 401 g/mol. The van der Waals surface area contributed by atoms with E-state index in [0.717, 1.165) is 24.8 Å². The molecule has 7 heteroatoms. The lowest BCUT2D eigenvalue weighted by atomic mass is 10.1. The second-order valence-corrected chi connectivity index (χ2v) is 8.48. The largest absolute Gasteiger partial charge is 0.357 e. The molecule has 0 aromatic carbocycles. The fraction of sp³-hybridized carbons (Fsp3) is 0.929. The van der Waals surface area contributed by atoms with Crippen LogP contribution in [0.3, 0.4) is 0 Å². The van der Waals surface area contributed by atoms with Crippen LogP contribution in [-0.2, 0) is 9.84 Å². The normalized spacial score (nSPS) is 31.7. The first-order valence-electron chi connectivity index (χ1n) is 7.73. The Morgan fingerprint density at radius 3 is 2.57 bits per heavy atom. The maximum Gasteiger partial charge on any atom is 0.191 e. The minimum atomic E-state index is -2.80. The van der Waals surface area contributed by atoms with E-state index >= 15 is 0 Å². The summed E-state index contributed by atoms with van der Waals surface area (Å²) >= 11 is 0. The Balaban J connectivity index is 0.00000220. The summed E-state index contributed by atoms with van der Waals surface area (Å²) in [6, 6.07) is 0.509. The van der Waals surface area contributed by atoms with Crippen molar-refractivity contribution in [2.45, 2.75) is 45.6 Å². The highest BCUT2D eigenvalue weighted by Gasteiger charge is 2.28. The number of aliphatic imine (C=N–C) groups is 1. The molecule has 1 saturated carbocycles. The molecule has 0 aromatic rings. The summed E-state index contributed by atoms with van der Waals surface area (Å²) < 4.78 is 22.9. The average Bonchev–Trinajstić information content (AvgIpc) is 2.93. The monoisotopic (exact) mass is 429 g/mol. The zero-order chi connectivity index (χ0) is 14.6. The van der Waals surface area contributed by atoms with E-state index in [9.17, 15) is 8.42 Å². The van der Waals surface area contributed by atoms with E-state index in [1.165, 1.54) is 19.3 Å². The van der Waals surface area contributed by atoms with Gasteiger partial charge in [0.25, 0.3) is 0 Å². The molecule has 1 heterocycles. The topological polar surface area (TPSA) is 70.6 Å². The number of sulfone groups is 1. The molecule has 124 valence electrons. The average molecular weight is 429 g/mol. The van der Waals surface area contributed by atoms with Crippen LogP contribution in [0, 0.1) is 11.8 Å². The Morgan fingerprint density at radius 1 is 1.29 bits per heavy atom. The van der Waals surface area contributed by atoms with Crippen LogP contribution in [-0.4, -0.2) is 45.0 Å². The Kier molecular flexibility index (Phi) is 7.73. The summed E-state index contributed by atoms with van der Waals surface area (Å²) in [6.45, 7) is 5.78. The molecule has 0 spiro atoms. The minimum absolute atomic E-state index is 0. The molecule has 2 rings (SSSR count). The SMILES string of the molecule is CCNC(=NCC1CCS(=O)(=O)C1)NC1CCC(C)C1.I. The molecule has 3 atom stereocenters. The number of halogens is 1. The zero-order valence-corrected chi connectivity index (χ0v) is 16.1. The lowest BCUT2D eigenvalue weighted by Crippen LogP contribution is -2.42. The molecule has 0 amide bonds. The lowest BCUT2D eigenvalue weighted by Gasteiger charge is -2.17. The molecule has 2 aliphatic rings. The van der Waals surface area contributed by atoms with Crippen LogP contribution in [0.5, 0.6) is 0 Å². The number of nitrogens with one attached hydrogen (secondary N) is 2. The van der Waals surface area contributed by atoms with Crippen LogP contribution >= 0.6 is 24.0 Å². The molecule has 21 heavy (non-hydrogen) atoms. The maximum absolute atomic E-state index is 11.4. The van der Waals surface area contributed by atoms with Gasteiger partial charge in [0, 0.05) is 19.1 Å². The summed E-state index contributed by atoms with van der Waals surface area (Å²) in [5.74, 6) is 2.46. The van der Waals surface area contributed by atoms with E-state index in [1.54, 1.807) is 0 Å². The lowest BCUT2D eigenvalue weighted by molar-refractivity contribution is 0.558. The highest BCUT2D eigenvalue weighted by molar-refractivity contribution is 14.0. The first kappa shape index (κ1) is 19.0. The van der Waals surface area contributed by atoms with Crippen LogP contribution < -0.4 is 10.6 Å². The maximum atomic E-state index is 11.4. The molecule has 1 aliphatic carbocycles. The van der Waals surface area contributed by atoms with Gasteiger partial charge >= 0.3 is 0 Å². The van der Waals surface area contributed by atoms with E-state index in [2.05, 4.69) is 29.5 Å². The van der Waals surface area contributed by atoms with E-state index in [4.69, 9.17) is 0 Å². The molecule has 2 N–H and O–H groups in total. The first-order chi connectivity index (χ1) is 9.48. The van der Waals surface area contributed by atoms with Crippen molar-refractivity contribution in [1.29, 1.82) is 0 Å². The summed E-state index contributed by atoms with van der Waals surface area (Å²) in [5.41, 5.74) is 0. The molecule has 5 nitrogen and oxygen atoms in total. The number of nitrogens with zero attached hydrogens (tertiary/aromatic N) is 1. The Bertz CT molecular complexity index is 453. The second kappa shape index (κ2) is 8.55. The Hall–Kier alpha value is -0.0500. The highest BCUT2D eigenvalue weighted by Crippen LogP contribution is 2.24. The van der Waals surface area contributed by atoms with Gasteiger partial charge in [0.15, 0.2) is 15.8 Å². The van der Waals surface area contributed by atoms with Crippen LogP contribution in [0.15, 0.2) is 4.99 Å². The van der Waals surface area contributed by atoms with Crippen molar-refractivity contribution in [3.8, 4) is 0 Å². The van der Waals surface area contributed by atoms with E-state index in [1.807, 2.05) is 0 Å².